The molecule has 1 atom stereocenters. The van der Waals surface area contributed by atoms with Crippen molar-refractivity contribution in [3.8, 4) is 0 Å². The second-order valence-corrected chi connectivity index (χ2v) is 5.90. The normalized spacial score (nSPS) is 19.2. The Hall–Kier alpha value is -0.940. The van der Waals surface area contributed by atoms with Crippen LogP contribution in [-0.2, 0) is 11.3 Å². The highest BCUT2D eigenvalue weighted by Gasteiger charge is 2.43. The van der Waals surface area contributed by atoms with Gasteiger partial charge in [-0.05, 0) is 32.6 Å². The maximum atomic E-state index is 11.9. The zero-order valence-corrected chi connectivity index (χ0v) is 10.4. The highest BCUT2D eigenvalue weighted by molar-refractivity contribution is 7.11. The van der Waals surface area contributed by atoms with Crippen molar-refractivity contribution in [3.63, 3.8) is 0 Å². The summed E-state index contributed by atoms with van der Waals surface area (Å²) in [6, 6.07) is 0. The van der Waals surface area contributed by atoms with Gasteiger partial charge < -0.3 is 11.1 Å². The second-order valence-electron chi connectivity index (χ2n) is 4.59. The van der Waals surface area contributed by atoms with E-state index >= 15 is 0 Å². The molecule has 1 heterocycles. The molecule has 4 nitrogen and oxygen atoms in total. The van der Waals surface area contributed by atoms with E-state index in [-0.39, 0.29) is 5.91 Å². The number of nitrogens with two attached hydrogens (primary N) is 1. The van der Waals surface area contributed by atoms with E-state index in [2.05, 4.69) is 10.3 Å². The molecule has 1 aromatic rings. The van der Waals surface area contributed by atoms with Crippen LogP contribution in [0.2, 0.25) is 0 Å². The molecule has 1 saturated carbocycles. The Morgan fingerprint density at radius 3 is 2.94 bits per heavy atom. The highest BCUT2D eigenvalue weighted by Crippen LogP contribution is 2.38. The summed E-state index contributed by atoms with van der Waals surface area (Å²) in [5, 5.41) is 3.90. The van der Waals surface area contributed by atoms with Gasteiger partial charge in [0, 0.05) is 11.1 Å². The first kappa shape index (κ1) is 11.5. The molecule has 1 aliphatic carbocycles. The summed E-state index contributed by atoms with van der Waals surface area (Å²) in [7, 11) is 0. The Bertz CT molecular complexity index is 396. The van der Waals surface area contributed by atoms with Gasteiger partial charge in [-0.3, -0.25) is 4.79 Å². The molecule has 2 rings (SSSR count). The third-order valence-corrected chi connectivity index (χ3v) is 3.92. The molecule has 0 bridgehead atoms. The number of hydrogen-bond acceptors (Lipinski definition) is 4. The van der Waals surface area contributed by atoms with Gasteiger partial charge in [0.1, 0.15) is 0 Å². The number of carbonyl (C=O) groups is 1. The van der Waals surface area contributed by atoms with Crippen LogP contribution in [0.1, 0.15) is 29.7 Å². The number of hydrogen-bond donors (Lipinski definition) is 2. The van der Waals surface area contributed by atoms with Crippen LogP contribution in [0.25, 0.3) is 0 Å². The van der Waals surface area contributed by atoms with Gasteiger partial charge in [0.25, 0.3) is 0 Å². The molecule has 0 aliphatic heterocycles. The minimum absolute atomic E-state index is 0.0546. The molecule has 1 aromatic heterocycles. The Morgan fingerprint density at radius 1 is 1.75 bits per heavy atom. The summed E-state index contributed by atoms with van der Waals surface area (Å²) in [5.41, 5.74) is 5.30. The summed E-state index contributed by atoms with van der Waals surface area (Å²) in [4.78, 5) is 17.1. The minimum atomic E-state index is -0.709. The van der Waals surface area contributed by atoms with Crippen molar-refractivity contribution in [3.05, 3.63) is 16.1 Å². The highest BCUT2D eigenvalue weighted by atomic mass is 32.1. The fourth-order valence-corrected chi connectivity index (χ4v) is 2.45. The smallest absolute Gasteiger partial charge is 0.240 e. The van der Waals surface area contributed by atoms with Crippen LogP contribution in [0.3, 0.4) is 0 Å². The van der Waals surface area contributed by atoms with Crippen LogP contribution in [0.4, 0.5) is 0 Å². The van der Waals surface area contributed by atoms with E-state index in [9.17, 15) is 4.79 Å². The molecule has 16 heavy (non-hydrogen) atoms. The number of amides is 1. The predicted octanol–water partition coefficient (Wildman–Crippen LogP) is 1.20. The molecule has 1 unspecified atom stereocenters. The van der Waals surface area contributed by atoms with Crippen molar-refractivity contribution >= 4 is 17.2 Å². The molecule has 5 heteroatoms. The lowest BCUT2D eigenvalue weighted by atomic mass is 9.96. The molecule has 1 aliphatic rings. The summed E-state index contributed by atoms with van der Waals surface area (Å²) >= 11 is 1.60. The molecule has 0 radical (unpaired) electrons. The summed E-state index contributed by atoms with van der Waals surface area (Å²) < 4.78 is 0. The zero-order chi connectivity index (χ0) is 11.8. The molecule has 0 saturated heterocycles. The molecule has 3 N–H and O–H groups in total. The molecular weight excluding hydrogens is 222 g/mol. The van der Waals surface area contributed by atoms with E-state index in [1.54, 1.807) is 17.5 Å². The van der Waals surface area contributed by atoms with Crippen molar-refractivity contribution < 1.29 is 4.79 Å². The van der Waals surface area contributed by atoms with Crippen LogP contribution in [0, 0.1) is 12.8 Å². The Labute approximate surface area is 99.3 Å². The number of nitrogens with zero attached hydrogens (tertiary/aromatic N) is 1. The summed E-state index contributed by atoms with van der Waals surface area (Å²) in [6.07, 6.45) is 3.94. The number of rotatable bonds is 4. The van der Waals surface area contributed by atoms with Crippen LogP contribution < -0.4 is 11.1 Å². The van der Waals surface area contributed by atoms with Gasteiger partial charge in [-0.25, -0.2) is 4.98 Å². The fourth-order valence-electron chi connectivity index (χ4n) is 1.71. The Morgan fingerprint density at radius 2 is 2.44 bits per heavy atom. The number of aromatic nitrogens is 1. The lowest BCUT2D eigenvalue weighted by molar-refractivity contribution is -0.126. The third kappa shape index (κ3) is 2.41. The summed E-state index contributed by atoms with van der Waals surface area (Å²) in [6.45, 7) is 4.30. The van der Waals surface area contributed by atoms with E-state index in [4.69, 9.17) is 5.73 Å². The first-order valence-corrected chi connectivity index (χ1v) is 6.30. The van der Waals surface area contributed by atoms with Gasteiger partial charge in [-0.2, -0.15) is 0 Å². The first-order valence-electron chi connectivity index (χ1n) is 5.48. The molecule has 88 valence electrons. The van der Waals surface area contributed by atoms with Crippen molar-refractivity contribution in [1.82, 2.24) is 10.3 Å². The van der Waals surface area contributed by atoms with Gasteiger partial charge in [-0.1, -0.05) is 0 Å². The zero-order valence-electron chi connectivity index (χ0n) is 9.62. The topological polar surface area (TPSA) is 68.0 Å². The number of nitrogens with one attached hydrogen (secondary N) is 1. The predicted molar refractivity (Wildman–Crippen MR) is 64.0 cm³/mol. The molecule has 0 aromatic carbocycles. The van der Waals surface area contributed by atoms with E-state index in [0.29, 0.717) is 12.5 Å². The van der Waals surface area contributed by atoms with Crippen LogP contribution in [-0.4, -0.2) is 16.4 Å². The number of thiazole rings is 1. The molecule has 1 fully saturated rings. The third-order valence-electron chi connectivity index (χ3n) is 3.01. The lowest BCUT2D eigenvalue weighted by Gasteiger charge is -2.22. The monoisotopic (exact) mass is 239 g/mol. The Balaban J connectivity index is 1.88. The van der Waals surface area contributed by atoms with Crippen molar-refractivity contribution in [1.29, 1.82) is 0 Å². The van der Waals surface area contributed by atoms with Crippen LogP contribution in [0.5, 0.6) is 0 Å². The van der Waals surface area contributed by atoms with E-state index < -0.39 is 5.54 Å². The fraction of sp³-hybridized carbons (Fsp3) is 0.636. The molecule has 0 spiro atoms. The van der Waals surface area contributed by atoms with Crippen LogP contribution >= 0.6 is 11.3 Å². The molecular formula is C11H17N3OS. The molecule has 1 amide bonds. The maximum Gasteiger partial charge on any atom is 0.240 e. The minimum Gasteiger partial charge on any atom is -0.350 e. The first-order chi connectivity index (χ1) is 7.50. The van der Waals surface area contributed by atoms with E-state index in [1.165, 1.54) is 0 Å². The van der Waals surface area contributed by atoms with Crippen molar-refractivity contribution in [2.75, 3.05) is 0 Å². The average Bonchev–Trinajstić information content (AvgIpc) is 3.00. The number of carbonyl (C=O) groups excluding carboxylic acids is 1. The van der Waals surface area contributed by atoms with Gasteiger partial charge in [0.05, 0.1) is 17.1 Å². The van der Waals surface area contributed by atoms with E-state index in [0.717, 1.165) is 22.7 Å². The summed E-state index contributed by atoms with van der Waals surface area (Å²) in [5.74, 6) is 0.303. The quantitative estimate of drug-likeness (QED) is 0.829. The van der Waals surface area contributed by atoms with Gasteiger partial charge in [0.2, 0.25) is 5.91 Å². The van der Waals surface area contributed by atoms with E-state index in [1.807, 2.05) is 13.8 Å². The SMILES string of the molecule is Cc1ncc(CNC(=O)C(C)(N)C2CC2)s1. The van der Waals surface area contributed by atoms with Crippen LogP contribution in [0.15, 0.2) is 6.20 Å². The number of aryl methyl sites for hydroxylation is 1. The van der Waals surface area contributed by atoms with Crippen molar-refractivity contribution in [2.45, 2.75) is 38.8 Å². The lowest BCUT2D eigenvalue weighted by Crippen LogP contribution is -2.53. The standard InChI is InChI=1S/C11H17N3OS/c1-7-13-5-9(16-7)6-14-10(15)11(2,12)8-3-4-8/h5,8H,3-4,6,12H2,1-2H3,(H,14,15). The van der Waals surface area contributed by atoms with Gasteiger partial charge >= 0.3 is 0 Å². The maximum absolute atomic E-state index is 11.9. The Kier molecular flexibility index (Phi) is 2.99. The second kappa shape index (κ2) is 4.14. The van der Waals surface area contributed by atoms with Gasteiger partial charge in [-0.15, -0.1) is 11.3 Å². The van der Waals surface area contributed by atoms with Gasteiger partial charge in [0.15, 0.2) is 0 Å². The average molecular weight is 239 g/mol. The van der Waals surface area contributed by atoms with Crippen molar-refractivity contribution in [2.24, 2.45) is 11.7 Å². The largest absolute Gasteiger partial charge is 0.350 e.